The Balaban J connectivity index is 1.52. The number of hydrogen-bond donors (Lipinski definition) is 2. The van der Waals surface area contributed by atoms with Crippen LogP contribution in [0.1, 0.15) is 28.3 Å². The van der Waals surface area contributed by atoms with Crippen LogP contribution in [0.5, 0.6) is 0 Å². The minimum atomic E-state index is -0.423. The maximum absolute atomic E-state index is 13.6. The van der Waals surface area contributed by atoms with E-state index in [0.29, 0.717) is 5.16 Å². The second-order valence-electron chi connectivity index (χ2n) is 8.33. The monoisotopic (exact) mass is 455 g/mol. The van der Waals surface area contributed by atoms with E-state index >= 15 is 0 Å². The topological polar surface area (TPSA) is 71.8 Å². The number of carbonyl (C=O) groups excluding carboxylic acids is 1. The van der Waals surface area contributed by atoms with Gasteiger partial charge in [0.05, 0.1) is 6.04 Å². The van der Waals surface area contributed by atoms with Crippen LogP contribution in [0.25, 0.3) is 11.4 Å². The smallest absolute Gasteiger partial charge is 0.240 e. The molecule has 1 aromatic heterocycles. The normalized spacial score (nSPS) is 17.2. The van der Waals surface area contributed by atoms with Gasteiger partial charge >= 0.3 is 0 Å². The van der Waals surface area contributed by atoms with E-state index < -0.39 is 5.25 Å². The van der Waals surface area contributed by atoms with Gasteiger partial charge in [-0.05, 0) is 37.5 Å². The number of carbonyl (C=O) groups is 1. The molecule has 2 N–H and O–H groups in total. The Morgan fingerprint density at radius 3 is 2.24 bits per heavy atom. The van der Waals surface area contributed by atoms with Gasteiger partial charge in [-0.25, -0.2) is 4.68 Å². The molecular formula is C26H25N5OS. The van der Waals surface area contributed by atoms with Gasteiger partial charge in [-0.15, -0.1) is 10.2 Å². The third kappa shape index (κ3) is 4.12. The van der Waals surface area contributed by atoms with Crippen LogP contribution in [0.4, 0.5) is 5.69 Å². The number of amides is 1. The second kappa shape index (κ2) is 8.75. The molecule has 1 amide bonds. The van der Waals surface area contributed by atoms with Crippen LogP contribution >= 0.6 is 11.8 Å². The van der Waals surface area contributed by atoms with E-state index in [4.69, 9.17) is 0 Å². The van der Waals surface area contributed by atoms with Crippen LogP contribution in [0.3, 0.4) is 0 Å². The van der Waals surface area contributed by atoms with E-state index in [2.05, 4.69) is 40.0 Å². The Morgan fingerprint density at radius 2 is 1.58 bits per heavy atom. The van der Waals surface area contributed by atoms with E-state index in [1.807, 2.05) is 79.2 Å². The fourth-order valence-corrected chi connectivity index (χ4v) is 5.39. The first-order valence-corrected chi connectivity index (χ1v) is 11.8. The van der Waals surface area contributed by atoms with Gasteiger partial charge in [-0.1, -0.05) is 90.1 Å². The number of rotatable bonds is 4. The predicted octanol–water partition coefficient (Wildman–Crippen LogP) is 5.27. The SMILES string of the molecule is Cc1cc(C)c(NC(=O)[C@@H]2Sc3nnc(-c4ccccc4)n3N[C@H]2c2ccccc2)c(C)c1. The van der Waals surface area contributed by atoms with E-state index in [9.17, 15) is 4.79 Å². The summed E-state index contributed by atoms with van der Waals surface area (Å²) >= 11 is 1.43. The Morgan fingerprint density at radius 1 is 0.939 bits per heavy atom. The zero-order chi connectivity index (χ0) is 22.9. The third-order valence-corrected chi connectivity index (χ3v) is 7.03. The Hall–Kier alpha value is -3.58. The van der Waals surface area contributed by atoms with Crippen LogP contribution < -0.4 is 10.7 Å². The van der Waals surface area contributed by atoms with Crippen molar-refractivity contribution >= 4 is 23.4 Å². The number of hydrogen-bond acceptors (Lipinski definition) is 5. The van der Waals surface area contributed by atoms with Gasteiger partial charge in [0.25, 0.3) is 0 Å². The maximum atomic E-state index is 13.6. The number of fused-ring (bicyclic) bond motifs is 1. The molecule has 1 aliphatic rings. The van der Waals surface area contributed by atoms with Crippen LogP contribution in [0.2, 0.25) is 0 Å². The molecule has 0 spiro atoms. The summed E-state index contributed by atoms with van der Waals surface area (Å²) in [5.41, 5.74) is 9.68. The molecule has 0 saturated carbocycles. The number of benzene rings is 3. The van der Waals surface area contributed by atoms with Crippen molar-refractivity contribution in [2.24, 2.45) is 0 Å². The zero-order valence-electron chi connectivity index (χ0n) is 18.7. The van der Waals surface area contributed by atoms with Crippen LogP contribution in [0, 0.1) is 20.8 Å². The highest BCUT2D eigenvalue weighted by Crippen LogP contribution is 2.39. The van der Waals surface area contributed by atoms with Crippen LogP contribution in [-0.4, -0.2) is 26.0 Å². The van der Waals surface area contributed by atoms with Crippen molar-refractivity contribution in [3.8, 4) is 11.4 Å². The van der Waals surface area contributed by atoms with Crippen molar-refractivity contribution in [2.45, 2.75) is 37.2 Å². The molecule has 0 bridgehead atoms. The van der Waals surface area contributed by atoms with Gasteiger partial charge in [0, 0.05) is 11.3 Å². The van der Waals surface area contributed by atoms with Crippen molar-refractivity contribution in [1.29, 1.82) is 0 Å². The van der Waals surface area contributed by atoms with E-state index in [-0.39, 0.29) is 11.9 Å². The molecule has 2 heterocycles. The lowest BCUT2D eigenvalue weighted by Gasteiger charge is -2.33. The lowest BCUT2D eigenvalue weighted by molar-refractivity contribution is -0.116. The Labute approximate surface area is 197 Å². The third-order valence-electron chi connectivity index (χ3n) is 5.81. The second-order valence-corrected chi connectivity index (χ2v) is 9.44. The van der Waals surface area contributed by atoms with Gasteiger partial charge < -0.3 is 10.7 Å². The molecule has 0 unspecified atom stereocenters. The zero-order valence-corrected chi connectivity index (χ0v) is 19.6. The summed E-state index contributed by atoms with van der Waals surface area (Å²) in [5.74, 6) is 0.662. The minimum Gasteiger partial charge on any atom is -0.325 e. The molecule has 6 nitrogen and oxygen atoms in total. The van der Waals surface area contributed by atoms with Crippen molar-refractivity contribution < 1.29 is 4.79 Å². The summed E-state index contributed by atoms with van der Waals surface area (Å²) in [7, 11) is 0. The summed E-state index contributed by atoms with van der Waals surface area (Å²) in [6.45, 7) is 6.12. The summed E-state index contributed by atoms with van der Waals surface area (Å²) in [4.78, 5) is 13.6. The Kier molecular flexibility index (Phi) is 5.64. The molecule has 3 aromatic carbocycles. The molecule has 33 heavy (non-hydrogen) atoms. The molecule has 1 aliphatic heterocycles. The van der Waals surface area contributed by atoms with Crippen molar-refractivity contribution in [3.05, 3.63) is 95.1 Å². The van der Waals surface area contributed by atoms with E-state index in [1.54, 1.807) is 0 Å². The van der Waals surface area contributed by atoms with Crippen molar-refractivity contribution in [1.82, 2.24) is 14.9 Å². The highest BCUT2D eigenvalue weighted by Gasteiger charge is 2.38. The summed E-state index contributed by atoms with van der Waals surface area (Å²) in [6, 6.07) is 23.9. The number of thioether (sulfide) groups is 1. The largest absolute Gasteiger partial charge is 0.325 e. The lowest BCUT2D eigenvalue weighted by Crippen LogP contribution is -2.41. The molecule has 2 atom stereocenters. The first kappa shape index (κ1) is 21.3. The van der Waals surface area contributed by atoms with E-state index in [0.717, 1.165) is 33.8 Å². The molecule has 4 aromatic rings. The number of aryl methyl sites for hydroxylation is 3. The van der Waals surface area contributed by atoms with Gasteiger partial charge in [0.1, 0.15) is 5.25 Å². The first-order valence-electron chi connectivity index (χ1n) is 10.9. The van der Waals surface area contributed by atoms with Crippen molar-refractivity contribution in [3.63, 3.8) is 0 Å². The number of nitrogens with one attached hydrogen (secondary N) is 2. The molecule has 5 rings (SSSR count). The summed E-state index contributed by atoms with van der Waals surface area (Å²) in [5, 5.41) is 12.2. The molecule has 0 radical (unpaired) electrons. The fourth-order valence-electron chi connectivity index (χ4n) is 4.31. The molecule has 0 aliphatic carbocycles. The standard InChI is InChI=1S/C26H25N5OS/c1-16-14-17(2)21(18(3)15-16)27-25(32)23-22(19-10-6-4-7-11-19)30-31-24(28-29-26(31)33-23)20-12-8-5-9-13-20/h4-15,22-23,30H,1-3H3,(H,27,32)/t22-,23+/m0/s1. The molecule has 166 valence electrons. The lowest BCUT2D eigenvalue weighted by atomic mass is 10.0. The first-order chi connectivity index (χ1) is 16.0. The summed E-state index contributed by atoms with van der Waals surface area (Å²) in [6.07, 6.45) is 0. The quantitative estimate of drug-likeness (QED) is 0.439. The van der Waals surface area contributed by atoms with Gasteiger partial charge in [-0.3, -0.25) is 4.79 Å². The number of aromatic nitrogens is 3. The van der Waals surface area contributed by atoms with Crippen LogP contribution in [-0.2, 0) is 4.79 Å². The average molecular weight is 456 g/mol. The van der Waals surface area contributed by atoms with Gasteiger partial charge in [0.15, 0.2) is 5.82 Å². The fraction of sp³-hybridized carbons (Fsp3) is 0.192. The predicted molar refractivity (Wildman–Crippen MR) is 133 cm³/mol. The van der Waals surface area contributed by atoms with E-state index in [1.165, 1.54) is 17.3 Å². The molecule has 7 heteroatoms. The van der Waals surface area contributed by atoms with Crippen LogP contribution in [0.15, 0.2) is 78.0 Å². The van der Waals surface area contributed by atoms with Crippen molar-refractivity contribution in [2.75, 3.05) is 10.7 Å². The maximum Gasteiger partial charge on any atom is 0.240 e. The average Bonchev–Trinajstić information content (AvgIpc) is 3.24. The highest BCUT2D eigenvalue weighted by atomic mass is 32.2. The van der Waals surface area contributed by atoms with Gasteiger partial charge in [-0.2, -0.15) is 0 Å². The number of nitrogens with zero attached hydrogens (tertiary/aromatic N) is 3. The number of anilines is 1. The molecular weight excluding hydrogens is 430 g/mol. The molecule has 0 fully saturated rings. The van der Waals surface area contributed by atoms with Gasteiger partial charge in [0.2, 0.25) is 11.1 Å². The highest BCUT2D eigenvalue weighted by molar-refractivity contribution is 8.00. The minimum absolute atomic E-state index is 0.0630. The Bertz CT molecular complexity index is 1280. The summed E-state index contributed by atoms with van der Waals surface area (Å²) < 4.78 is 1.89. The molecule has 0 saturated heterocycles.